The monoisotopic (exact) mass is 215 g/mol. The second-order valence-electron chi connectivity index (χ2n) is 4.78. The molecular weight excluding hydrogens is 190 g/mol. The summed E-state index contributed by atoms with van der Waals surface area (Å²) >= 11 is 0. The van der Waals surface area contributed by atoms with Gasteiger partial charge in [0.1, 0.15) is 0 Å². The lowest BCUT2D eigenvalue weighted by molar-refractivity contribution is -0.0226. The summed E-state index contributed by atoms with van der Waals surface area (Å²) in [6.45, 7) is 9.52. The second-order valence-corrected chi connectivity index (χ2v) is 4.78. The molecular formula is C12H25NO2. The first-order valence-electron chi connectivity index (χ1n) is 6.05. The van der Waals surface area contributed by atoms with E-state index in [0.717, 1.165) is 19.1 Å². The van der Waals surface area contributed by atoms with Gasteiger partial charge in [0.2, 0.25) is 0 Å². The maximum absolute atomic E-state index is 5.77. The Kier molecular flexibility index (Phi) is 6.22. The van der Waals surface area contributed by atoms with Crippen LogP contribution in [0.1, 0.15) is 26.7 Å². The lowest BCUT2D eigenvalue weighted by Crippen LogP contribution is -2.41. The quantitative estimate of drug-likeness (QED) is 0.630. The van der Waals surface area contributed by atoms with E-state index in [0.29, 0.717) is 12.7 Å². The van der Waals surface area contributed by atoms with Crippen molar-refractivity contribution in [3.63, 3.8) is 0 Å². The maximum atomic E-state index is 5.77. The van der Waals surface area contributed by atoms with Crippen LogP contribution in [-0.4, -0.2) is 51.0 Å². The van der Waals surface area contributed by atoms with Crippen LogP contribution in [0, 0.1) is 5.92 Å². The fraction of sp³-hybridized carbons (Fsp3) is 1.00. The molecule has 0 aliphatic carbocycles. The molecule has 90 valence electrons. The Morgan fingerprint density at radius 3 is 2.80 bits per heavy atom. The van der Waals surface area contributed by atoms with Crippen molar-refractivity contribution >= 4 is 0 Å². The van der Waals surface area contributed by atoms with Gasteiger partial charge in [-0.15, -0.1) is 0 Å². The van der Waals surface area contributed by atoms with Gasteiger partial charge in [-0.25, -0.2) is 0 Å². The predicted molar refractivity (Wildman–Crippen MR) is 62.1 cm³/mol. The van der Waals surface area contributed by atoms with Gasteiger partial charge in [0, 0.05) is 20.2 Å². The predicted octanol–water partition coefficient (Wildman–Crippen LogP) is 1.77. The largest absolute Gasteiger partial charge is 0.382 e. The van der Waals surface area contributed by atoms with E-state index in [1.807, 2.05) is 0 Å². The van der Waals surface area contributed by atoms with E-state index in [9.17, 15) is 0 Å². The molecule has 15 heavy (non-hydrogen) atoms. The van der Waals surface area contributed by atoms with Crippen LogP contribution in [0.4, 0.5) is 0 Å². The van der Waals surface area contributed by atoms with Gasteiger partial charge in [-0.1, -0.05) is 13.8 Å². The third-order valence-electron chi connectivity index (χ3n) is 2.73. The number of hydrogen-bond acceptors (Lipinski definition) is 3. The Morgan fingerprint density at radius 2 is 2.13 bits per heavy atom. The van der Waals surface area contributed by atoms with Crippen LogP contribution >= 0.6 is 0 Å². The molecule has 0 saturated carbocycles. The lowest BCUT2D eigenvalue weighted by atomic mass is 10.1. The van der Waals surface area contributed by atoms with Crippen LogP contribution in [0.2, 0.25) is 0 Å². The summed E-state index contributed by atoms with van der Waals surface area (Å²) in [6, 6.07) is 0. The highest BCUT2D eigenvalue weighted by Crippen LogP contribution is 2.14. The minimum absolute atomic E-state index is 0.424. The summed E-state index contributed by atoms with van der Waals surface area (Å²) in [6.07, 6.45) is 2.90. The Balaban J connectivity index is 2.17. The highest BCUT2D eigenvalue weighted by atomic mass is 16.5. The Morgan fingerprint density at radius 1 is 1.33 bits per heavy atom. The molecule has 0 spiro atoms. The van der Waals surface area contributed by atoms with Crippen molar-refractivity contribution in [1.82, 2.24) is 4.90 Å². The summed E-state index contributed by atoms with van der Waals surface area (Å²) in [5.74, 6) is 0.753. The molecule has 0 amide bonds. The molecule has 0 aromatic heterocycles. The molecule has 1 fully saturated rings. The summed E-state index contributed by atoms with van der Waals surface area (Å²) in [4.78, 5) is 2.52. The summed E-state index contributed by atoms with van der Waals surface area (Å²) in [5.41, 5.74) is 0. The highest BCUT2D eigenvalue weighted by Gasteiger charge is 2.20. The number of rotatable bonds is 6. The molecule has 1 aliphatic rings. The molecule has 0 bridgehead atoms. The molecule has 0 unspecified atom stereocenters. The van der Waals surface area contributed by atoms with Crippen molar-refractivity contribution < 1.29 is 9.47 Å². The number of hydrogen-bond donors (Lipinski definition) is 0. The third kappa shape index (κ3) is 5.50. The maximum Gasteiger partial charge on any atom is 0.0704 e. The second kappa shape index (κ2) is 7.20. The summed E-state index contributed by atoms with van der Waals surface area (Å²) in [5, 5.41) is 0. The number of nitrogens with zero attached hydrogens (tertiary/aromatic N) is 1. The van der Waals surface area contributed by atoms with Crippen molar-refractivity contribution in [1.29, 1.82) is 0 Å². The molecule has 1 heterocycles. The van der Waals surface area contributed by atoms with Gasteiger partial charge in [-0.2, -0.15) is 0 Å². The van der Waals surface area contributed by atoms with Gasteiger partial charge in [-0.05, 0) is 25.3 Å². The Labute approximate surface area is 93.7 Å². The molecule has 3 nitrogen and oxygen atoms in total. The normalized spacial score (nSPS) is 23.6. The first-order chi connectivity index (χ1) is 7.22. The SMILES string of the molecule is COCCO[C@@H]1CCCN(CC(C)C)C1. The van der Waals surface area contributed by atoms with Crippen LogP contribution in [-0.2, 0) is 9.47 Å². The molecule has 1 rings (SSSR count). The van der Waals surface area contributed by atoms with Crippen molar-refractivity contribution in [3.05, 3.63) is 0 Å². The zero-order valence-electron chi connectivity index (χ0n) is 10.4. The summed E-state index contributed by atoms with van der Waals surface area (Å²) in [7, 11) is 1.72. The lowest BCUT2D eigenvalue weighted by Gasteiger charge is -2.33. The minimum atomic E-state index is 0.424. The molecule has 3 heteroatoms. The van der Waals surface area contributed by atoms with E-state index in [1.165, 1.54) is 25.9 Å². The zero-order valence-corrected chi connectivity index (χ0v) is 10.4. The fourth-order valence-electron chi connectivity index (χ4n) is 2.13. The highest BCUT2D eigenvalue weighted by molar-refractivity contribution is 4.73. The van der Waals surface area contributed by atoms with Crippen molar-refractivity contribution in [2.45, 2.75) is 32.8 Å². The zero-order chi connectivity index (χ0) is 11.1. The van der Waals surface area contributed by atoms with Gasteiger partial charge in [-0.3, -0.25) is 0 Å². The molecule has 0 N–H and O–H groups in total. The molecule has 1 aliphatic heterocycles. The first-order valence-corrected chi connectivity index (χ1v) is 6.05. The standard InChI is InChI=1S/C12H25NO2/c1-11(2)9-13-6-4-5-12(10-13)15-8-7-14-3/h11-12H,4-10H2,1-3H3/t12-/m1/s1. The van der Waals surface area contributed by atoms with E-state index < -0.39 is 0 Å². The average molecular weight is 215 g/mol. The Bertz CT molecular complexity index is 162. The van der Waals surface area contributed by atoms with E-state index in [4.69, 9.17) is 9.47 Å². The molecule has 0 aromatic rings. The number of piperidine rings is 1. The molecule has 0 aromatic carbocycles. The topological polar surface area (TPSA) is 21.7 Å². The fourth-order valence-corrected chi connectivity index (χ4v) is 2.13. The van der Waals surface area contributed by atoms with Crippen LogP contribution in [0.25, 0.3) is 0 Å². The molecule has 0 radical (unpaired) electrons. The van der Waals surface area contributed by atoms with E-state index >= 15 is 0 Å². The van der Waals surface area contributed by atoms with Crippen molar-refractivity contribution in [3.8, 4) is 0 Å². The van der Waals surface area contributed by atoms with Crippen molar-refractivity contribution in [2.24, 2.45) is 5.92 Å². The van der Waals surface area contributed by atoms with Gasteiger partial charge in [0.05, 0.1) is 19.3 Å². The van der Waals surface area contributed by atoms with Crippen LogP contribution in [0.3, 0.4) is 0 Å². The summed E-state index contributed by atoms with van der Waals surface area (Å²) < 4.78 is 10.8. The van der Waals surface area contributed by atoms with E-state index in [2.05, 4.69) is 18.7 Å². The van der Waals surface area contributed by atoms with E-state index in [1.54, 1.807) is 7.11 Å². The van der Waals surface area contributed by atoms with Crippen LogP contribution in [0.15, 0.2) is 0 Å². The number of likely N-dealkylation sites (tertiary alicyclic amines) is 1. The molecule has 1 atom stereocenters. The van der Waals surface area contributed by atoms with Gasteiger partial charge >= 0.3 is 0 Å². The van der Waals surface area contributed by atoms with E-state index in [-0.39, 0.29) is 0 Å². The third-order valence-corrected chi connectivity index (χ3v) is 2.73. The average Bonchev–Trinajstić information content (AvgIpc) is 2.18. The van der Waals surface area contributed by atoms with Gasteiger partial charge in [0.15, 0.2) is 0 Å². The number of ether oxygens (including phenoxy) is 2. The molecule has 1 saturated heterocycles. The Hall–Kier alpha value is -0.120. The van der Waals surface area contributed by atoms with Crippen molar-refractivity contribution in [2.75, 3.05) is 40.0 Å². The van der Waals surface area contributed by atoms with Gasteiger partial charge in [0.25, 0.3) is 0 Å². The van der Waals surface area contributed by atoms with Crippen LogP contribution in [0.5, 0.6) is 0 Å². The van der Waals surface area contributed by atoms with Crippen LogP contribution < -0.4 is 0 Å². The first kappa shape index (κ1) is 12.9. The van der Waals surface area contributed by atoms with Gasteiger partial charge < -0.3 is 14.4 Å². The minimum Gasteiger partial charge on any atom is -0.382 e. The number of methoxy groups -OCH3 is 1. The smallest absolute Gasteiger partial charge is 0.0704 e.